The Labute approximate surface area is 119 Å². The van der Waals surface area contributed by atoms with E-state index >= 15 is 0 Å². The molecule has 0 aromatic heterocycles. The van der Waals surface area contributed by atoms with Gasteiger partial charge in [0.25, 0.3) is 0 Å². The Hall–Kier alpha value is -0.163. The van der Waals surface area contributed by atoms with Crippen molar-refractivity contribution in [3.63, 3.8) is 0 Å². The SMILES string of the molecule is C=CC[C@@H](O)[C@H]1O[C@H]1C[C@H](C)O[Si](C)(C)C(C)(C)C. The minimum atomic E-state index is -1.71. The summed E-state index contributed by atoms with van der Waals surface area (Å²) in [5.41, 5.74) is 0. The Morgan fingerprint density at radius 1 is 1.42 bits per heavy atom. The Balaban J connectivity index is 2.38. The van der Waals surface area contributed by atoms with Crippen molar-refractivity contribution < 1.29 is 14.3 Å². The molecule has 4 atom stereocenters. The van der Waals surface area contributed by atoms with E-state index in [1.807, 2.05) is 0 Å². The topological polar surface area (TPSA) is 42.0 Å². The molecule has 1 N–H and O–H groups in total. The summed E-state index contributed by atoms with van der Waals surface area (Å²) in [7, 11) is -1.71. The van der Waals surface area contributed by atoms with Gasteiger partial charge in [-0.15, -0.1) is 6.58 Å². The monoisotopic (exact) mass is 286 g/mol. The fourth-order valence-corrected chi connectivity index (χ4v) is 3.50. The lowest BCUT2D eigenvalue weighted by Gasteiger charge is -2.38. The molecule has 0 aromatic rings. The molecule has 4 heteroatoms. The van der Waals surface area contributed by atoms with Crippen LogP contribution in [0.15, 0.2) is 12.7 Å². The van der Waals surface area contributed by atoms with Crippen molar-refractivity contribution in [3.05, 3.63) is 12.7 Å². The first-order valence-corrected chi connectivity index (χ1v) is 10.1. The van der Waals surface area contributed by atoms with Gasteiger partial charge in [-0.25, -0.2) is 0 Å². The van der Waals surface area contributed by atoms with Crippen LogP contribution in [-0.2, 0) is 9.16 Å². The second kappa shape index (κ2) is 6.08. The van der Waals surface area contributed by atoms with Gasteiger partial charge in [0.15, 0.2) is 8.32 Å². The third kappa shape index (κ3) is 4.70. The summed E-state index contributed by atoms with van der Waals surface area (Å²) in [6.45, 7) is 17.0. The van der Waals surface area contributed by atoms with Crippen molar-refractivity contribution in [2.45, 2.75) is 83.1 Å². The van der Waals surface area contributed by atoms with E-state index in [2.05, 4.69) is 47.4 Å². The molecule has 3 nitrogen and oxygen atoms in total. The number of ether oxygens (including phenoxy) is 1. The molecular formula is C15H30O3Si. The fourth-order valence-electron chi connectivity index (χ4n) is 2.04. The maximum Gasteiger partial charge on any atom is 0.192 e. The van der Waals surface area contributed by atoms with Gasteiger partial charge >= 0.3 is 0 Å². The molecular weight excluding hydrogens is 256 g/mol. The highest BCUT2D eigenvalue weighted by Gasteiger charge is 2.46. The summed E-state index contributed by atoms with van der Waals surface area (Å²) in [6.07, 6.45) is 3.09. The molecule has 0 amide bonds. The molecule has 0 aromatic carbocycles. The van der Waals surface area contributed by atoms with Crippen molar-refractivity contribution in [2.75, 3.05) is 0 Å². The van der Waals surface area contributed by atoms with Crippen LogP contribution in [0.25, 0.3) is 0 Å². The lowest BCUT2D eigenvalue weighted by molar-refractivity contribution is 0.137. The quantitative estimate of drug-likeness (QED) is 0.442. The molecule has 1 rings (SSSR count). The fraction of sp³-hybridized carbons (Fsp3) is 0.867. The van der Waals surface area contributed by atoms with E-state index in [4.69, 9.17) is 9.16 Å². The van der Waals surface area contributed by atoms with Crippen LogP contribution in [0.3, 0.4) is 0 Å². The predicted octanol–water partition coefficient (Wildman–Crippen LogP) is 3.49. The van der Waals surface area contributed by atoms with Gasteiger partial charge in [-0.05, 0) is 31.5 Å². The van der Waals surface area contributed by atoms with E-state index in [1.165, 1.54) is 0 Å². The van der Waals surface area contributed by atoms with Crippen LogP contribution in [0.2, 0.25) is 18.1 Å². The molecule has 19 heavy (non-hydrogen) atoms. The average molecular weight is 286 g/mol. The standard InChI is InChI=1S/C15H30O3Si/c1-8-9-12(16)14-13(17-14)10-11(2)18-19(6,7)15(3,4)5/h8,11-14,16H,1,9-10H2,2-7H3/t11-,12+,13-,14+/m0/s1. The summed E-state index contributed by atoms with van der Waals surface area (Å²) in [5, 5.41) is 10.0. The van der Waals surface area contributed by atoms with Crippen molar-refractivity contribution in [3.8, 4) is 0 Å². The highest BCUT2D eigenvalue weighted by atomic mass is 28.4. The number of aliphatic hydroxyl groups excluding tert-OH is 1. The maximum absolute atomic E-state index is 9.81. The molecule has 0 aliphatic carbocycles. The molecule has 0 spiro atoms. The van der Waals surface area contributed by atoms with E-state index in [0.717, 1.165) is 6.42 Å². The van der Waals surface area contributed by atoms with Crippen molar-refractivity contribution in [1.82, 2.24) is 0 Å². The second-order valence-corrected chi connectivity index (χ2v) is 11.9. The zero-order valence-electron chi connectivity index (χ0n) is 13.3. The zero-order valence-corrected chi connectivity index (χ0v) is 14.3. The van der Waals surface area contributed by atoms with Crippen LogP contribution < -0.4 is 0 Å². The largest absolute Gasteiger partial charge is 0.414 e. The van der Waals surface area contributed by atoms with Gasteiger partial charge < -0.3 is 14.3 Å². The molecule has 1 aliphatic heterocycles. The summed E-state index contributed by atoms with van der Waals surface area (Å²) < 4.78 is 11.8. The molecule has 112 valence electrons. The maximum atomic E-state index is 9.81. The molecule has 1 aliphatic rings. The van der Waals surface area contributed by atoms with Gasteiger partial charge in [-0.2, -0.15) is 0 Å². The Kier molecular flexibility index (Phi) is 5.41. The number of rotatable bonds is 7. The molecule has 0 unspecified atom stereocenters. The summed E-state index contributed by atoms with van der Waals surface area (Å²) in [5.74, 6) is 0. The van der Waals surface area contributed by atoms with Gasteiger partial charge in [-0.1, -0.05) is 26.8 Å². The van der Waals surface area contributed by atoms with E-state index in [0.29, 0.717) is 6.42 Å². The molecule has 0 radical (unpaired) electrons. The average Bonchev–Trinajstić information content (AvgIpc) is 2.94. The van der Waals surface area contributed by atoms with E-state index in [1.54, 1.807) is 6.08 Å². The number of aliphatic hydroxyl groups is 1. The van der Waals surface area contributed by atoms with Crippen molar-refractivity contribution >= 4 is 8.32 Å². The van der Waals surface area contributed by atoms with Crippen LogP contribution in [0.5, 0.6) is 0 Å². The Morgan fingerprint density at radius 3 is 2.47 bits per heavy atom. The third-order valence-corrected chi connectivity index (χ3v) is 8.88. The van der Waals surface area contributed by atoms with Gasteiger partial charge in [0.1, 0.15) is 6.10 Å². The first kappa shape index (κ1) is 16.9. The van der Waals surface area contributed by atoms with E-state index < -0.39 is 14.4 Å². The van der Waals surface area contributed by atoms with Gasteiger partial charge in [0.2, 0.25) is 0 Å². The van der Waals surface area contributed by atoms with Crippen LogP contribution in [-0.4, -0.2) is 37.8 Å². The van der Waals surface area contributed by atoms with Crippen molar-refractivity contribution in [1.29, 1.82) is 0 Å². The molecule has 1 fully saturated rings. The molecule has 1 saturated heterocycles. The van der Waals surface area contributed by atoms with E-state index in [-0.39, 0.29) is 23.4 Å². The second-order valence-electron chi connectivity index (χ2n) is 7.16. The van der Waals surface area contributed by atoms with Crippen LogP contribution in [0, 0.1) is 0 Å². The zero-order chi connectivity index (χ0) is 14.8. The molecule has 1 heterocycles. The summed E-state index contributed by atoms with van der Waals surface area (Å²) >= 11 is 0. The minimum Gasteiger partial charge on any atom is -0.414 e. The smallest absolute Gasteiger partial charge is 0.192 e. The van der Waals surface area contributed by atoms with Crippen LogP contribution >= 0.6 is 0 Å². The molecule has 0 saturated carbocycles. The van der Waals surface area contributed by atoms with Gasteiger partial charge in [0.05, 0.1) is 12.2 Å². The van der Waals surface area contributed by atoms with Crippen molar-refractivity contribution in [2.24, 2.45) is 0 Å². The Bertz CT molecular complexity index is 309. The third-order valence-electron chi connectivity index (χ3n) is 4.28. The minimum absolute atomic E-state index is 0.0246. The number of hydrogen-bond acceptors (Lipinski definition) is 3. The summed E-state index contributed by atoms with van der Waals surface area (Å²) in [4.78, 5) is 0. The highest BCUT2D eigenvalue weighted by molar-refractivity contribution is 6.74. The van der Waals surface area contributed by atoms with Gasteiger partial charge in [-0.3, -0.25) is 0 Å². The van der Waals surface area contributed by atoms with Crippen LogP contribution in [0.1, 0.15) is 40.5 Å². The first-order chi connectivity index (χ1) is 8.58. The van der Waals surface area contributed by atoms with Gasteiger partial charge in [0, 0.05) is 12.5 Å². The number of epoxide rings is 1. The Morgan fingerprint density at radius 2 is 2.00 bits per heavy atom. The lowest BCUT2D eigenvalue weighted by Crippen LogP contribution is -2.43. The lowest BCUT2D eigenvalue weighted by atomic mass is 10.1. The predicted molar refractivity (Wildman–Crippen MR) is 81.8 cm³/mol. The summed E-state index contributed by atoms with van der Waals surface area (Å²) in [6, 6.07) is 0. The number of hydrogen-bond donors (Lipinski definition) is 1. The van der Waals surface area contributed by atoms with E-state index in [9.17, 15) is 5.11 Å². The van der Waals surface area contributed by atoms with Crippen LogP contribution in [0.4, 0.5) is 0 Å². The first-order valence-electron chi connectivity index (χ1n) is 7.20. The highest BCUT2D eigenvalue weighted by Crippen LogP contribution is 2.39. The normalized spacial score (nSPS) is 26.9. The molecule has 0 bridgehead atoms.